The molecule has 0 heterocycles. The second kappa shape index (κ2) is 4.71. The maximum atomic E-state index is 11.9. The number of hydrogen-bond acceptors (Lipinski definition) is 2. The molecule has 8 heteroatoms. The van der Waals surface area contributed by atoms with Crippen molar-refractivity contribution in [1.82, 2.24) is 0 Å². The van der Waals surface area contributed by atoms with E-state index in [-0.39, 0.29) is 6.61 Å². The van der Waals surface area contributed by atoms with E-state index in [1.54, 1.807) is 0 Å². The number of hydrogen-bond donors (Lipinski definition) is 0. The summed E-state index contributed by atoms with van der Waals surface area (Å²) in [4.78, 5) is 10.5. The van der Waals surface area contributed by atoms with Gasteiger partial charge in [-0.15, -0.1) is 0 Å². The van der Waals surface area contributed by atoms with Crippen LogP contribution in [-0.4, -0.2) is 24.9 Å². The number of halogens is 6. The minimum atomic E-state index is -5.55. The first-order valence-corrected chi connectivity index (χ1v) is 3.74. The molecule has 0 fully saturated rings. The fourth-order valence-electron chi connectivity index (χ4n) is 0.701. The van der Waals surface area contributed by atoms with Crippen LogP contribution in [0, 0.1) is 12.3 Å². The first-order chi connectivity index (χ1) is 6.59. The molecule has 15 heavy (non-hydrogen) atoms. The van der Waals surface area contributed by atoms with Crippen molar-refractivity contribution in [1.29, 1.82) is 0 Å². The minimum absolute atomic E-state index is 0.294. The first kappa shape index (κ1) is 14.0. The molecule has 0 N–H and O–H groups in total. The van der Waals surface area contributed by atoms with Gasteiger partial charge in [0, 0.05) is 0 Å². The zero-order valence-electron chi connectivity index (χ0n) is 7.45. The minimum Gasteiger partial charge on any atom is -0.466 e. The zero-order valence-corrected chi connectivity index (χ0v) is 7.45. The fraction of sp³-hybridized carbons (Fsp3) is 0.714. The molecule has 2 nitrogen and oxygen atoms in total. The zero-order chi connectivity index (χ0) is 12.3. The number of esters is 1. The molecule has 89 valence electrons. The number of ether oxygens (including phenoxy) is 1. The molecular weight excluding hydrogens is 230 g/mol. The molecular formula is C7H7F6O2. The van der Waals surface area contributed by atoms with Gasteiger partial charge in [-0.25, -0.2) is 0 Å². The molecule has 0 bridgehead atoms. The molecule has 1 radical (unpaired) electrons. The fourth-order valence-corrected chi connectivity index (χ4v) is 0.701. The van der Waals surface area contributed by atoms with E-state index in [0.29, 0.717) is 0 Å². The van der Waals surface area contributed by atoms with Gasteiger partial charge in [-0.05, 0) is 6.92 Å². The Hall–Kier alpha value is -0.950. The predicted molar refractivity (Wildman–Crippen MR) is 36.5 cm³/mol. The van der Waals surface area contributed by atoms with E-state index in [2.05, 4.69) is 4.74 Å². The average molecular weight is 237 g/mol. The van der Waals surface area contributed by atoms with Gasteiger partial charge in [0.1, 0.15) is 0 Å². The number of rotatable bonds is 3. The molecule has 0 rings (SSSR count). The quantitative estimate of drug-likeness (QED) is 0.556. The molecule has 0 saturated heterocycles. The molecule has 0 saturated carbocycles. The van der Waals surface area contributed by atoms with Crippen LogP contribution in [0.3, 0.4) is 0 Å². The molecule has 0 aliphatic carbocycles. The topological polar surface area (TPSA) is 26.3 Å². The van der Waals surface area contributed by atoms with Crippen LogP contribution in [0.5, 0.6) is 0 Å². The van der Waals surface area contributed by atoms with E-state index in [4.69, 9.17) is 0 Å². The maximum Gasteiger partial charge on any atom is 0.401 e. The van der Waals surface area contributed by atoms with E-state index >= 15 is 0 Å². The van der Waals surface area contributed by atoms with E-state index < -0.39 is 30.7 Å². The van der Waals surface area contributed by atoms with E-state index in [1.165, 1.54) is 6.92 Å². The van der Waals surface area contributed by atoms with Crippen LogP contribution in [0.2, 0.25) is 0 Å². The monoisotopic (exact) mass is 237 g/mol. The summed E-state index contributed by atoms with van der Waals surface area (Å²) >= 11 is 0. The van der Waals surface area contributed by atoms with Crippen molar-refractivity contribution in [2.75, 3.05) is 6.61 Å². The standard InChI is InChI=1S/C7H7F6O2/c1-2-15-5(14)3-4(6(8,9)10)7(11,12)13/h3-4H,2H2,1H3. The molecule has 0 unspecified atom stereocenters. The Morgan fingerprint density at radius 2 is 1.60 bits per heavy atom. The highest BCUT2D eigenvalue weighted by atomic mass is 19.4. The van der Waals surface area contributed by atoms with Crippen LogP contribution in [0.15, 0.2) is 0 Å². The van der Waals surface area contributed by atoms with Gasteiger partial charge in [0.25, 0.3) is 0 Å². The summed E-state index contributed by atoms with van der Waals surface area (Å²) in [6, 6.07) is 0. The van der Waals surface area contributed by atoms with Crippen LogP contribution in [0.4, 0.5) is 26.3 Å². The third-order valence-electron chi connectivity index (χ3n) is 1.29. The highest BCUT2D eigenvalue weighted by Gasteiger charge is 2.57. The van der Waals surface area contributed by atoms with Gasteiger partial charge in [-0.2, -0.15) is 26.3 Å². The van der Waals surface area contributed by atoms with Gasteiger partial charge in [0.05, 0.1) is 13.0 Å². The van der Waals surface area contributed by atoms with Gasteiger partial charge in [0.2, 0.25) is 0 Å². The van der Waals surface area contributed by atoms with Crippen LogP contribution >= 0.6 is 0 Å². The van der Waals surface area contributed by atoms with Crippen molar-refractivity contribution < 1.29 is 35.9 Å². The Labute approximate surface area is 81.2 Å². The molecule has 0 aliphatic heterocycles. The summed E-state index contributed by atoms with van der Waals surface area (Å²) in [5.74, 6) is -5.43. The molecule has 0 aromatic rings. The van der Waals surface area contributed by atoms with E-state index in [0.717, 1.165) is 0 Å². The van der Waals surface area contributed by atoms with Gasteiger partial charge in [-0.1, -0.05) is 0 Å². The van der Waals surface area contributed by atoms with Gasteiger partial charge in [0.15, 0.2) is 5.92 Å². The molecule has 0 atom stereocenters. The molecule has 0 aromatic heterocycles. The third kappa shape index (κ3) is 4.89. The largest absolute Gasteiger partial charge is 0.466 e. The van der Waals surface area contributed by atoms with Gasteiger partial charge < -0.3 is 4.74 Å². The van der Waals surface area contributed by atoms with Crippen molar-refractivity contribution in [3.8, 4) is 0 Å². The van der Waals surface area contributed by atoms with Crippen LogP contribution in [0.25, 0.3) is 0 Å². The normalized spacial score (nSPS) is 13.1. The van der Waals surface area contributed by atoms with Crippen LogP contribution < -0.4 is 0 Å². The summed E-state index contributed by atoms with van der Waals surface area (Å²) in [5.41, 5.74) is 0. The van der Waals surface area contributed by atoms with Crippen molar-refractivity contribution in [2.45, 2.75) is 19.3 Å². The van der Waals surface area contributed by atoms with Crippen molar-refractivity contribution in [3.63, 3.8) is 0 Å². The van der Waals surface area contributed by atoms with E-state index in [1.807, 2.05) is 0 Å². The Morgan fingerprint density at radius 1 is 1.20 bits per heavy atom. The lowest BCUT2D eigenvalue weighted by molar-refractivity contribution is -0.273. The SMILES string of the molecule is CCOC(=O)[CH]C(C(F)(F)F)C(F)(F)F. The van der Waals surface area contributed by atoms with Crippen molar-refractivity contribution >= 4 is 5.97 Å². The smallest absolute Gasteiger partial charge is 0.401 e. The Balaban J connectivity index is 4.62. The highest BCUT2D eigenvalue weighted by molar-refractivity contribution is 5.79. The van der Waals surface area contributed by atoms with E-state index in [9.17, 15) is 31.1 Å². The molecule has 0 aromatic carbocycles. The average Bonchev–Trinajstić information content (AvgIpc) is 1.96. The Kier molecular flexibility index (Phi) is 4.42. The maximum absolute atomic E-state index is 11.9. The Morgan fingerprint density at radius 3 is 1.87 bits per heavy atom. The van der Waals surface area contributed by atoms with Crippen LogP contribution in [0.1, 0.15) is 6.92 Å². The Bertz CT molecular complexity index is 205. The molecule has 0 spiro atoms. The summed E-state index contributed by atoms with van der Waals surface area (Å²) < 4.78 is 75.1. The molecule has 0 aliphatic rings. The third-order valence-corrected chi connectivity index (χ3v) is 1.29. The first-order valence-electron chi connectivity index (χ1n) is 3.74. The lowest BCUT2D eigenvalue weighted by Gasteiger charge is -2.21. The summed E-state index contributed by atoms with van der Waals surface area (Å²) in [6.45, 7) is 0.972. The lowest BCUT2D eigenvalue weighted by atomic mass is 10.1. The van der Waals surface area contributed by atoms with Gasteiger partial charge >= 0.3 is 18.3 Å². The number of carbonyl (C=O) groups excluding carboxylic acids is 1. The highest BCUT2D eigenvalue weighted by Crippen LogP contribution is 2.40. The second-order valence-corrected chi connectivity index (χ2v) is 2.48. The lowest BCUT2D eigenvalue weighted by Crippen LogP contribution is -2.38. The van der Waals surface area contributed by atoms with Gasteiger partial charge in [-0.3, -0.25) is 4.79 Å². The molecule has 0 amide bonds. The van der Waals surface area contributed by atoms with Crippen molar-refractivity contribution in [3.05, 3.63) is 6.42 Å². The summed E-state index contributed by atoms with van der Waals surface area (Å²) in [6.07, 6.45) is -11.6. The number of alkyl halides is 6. The van der Waals surface area contributed by atoms with Crippen molar-refractivity contribution in [2.24, 2.45) is 5.92 Å². The number of carbonyl (C=O) groups is 1. The predicted octanol–water partition coefficient (Wildman–Crippen LogP) is 2.49. The summed E-state index contributed by atoms with van der Waals surface area (Å²) in [7, 11) is 0. The second-order valence-electron chi connectivity index (χ2n) is 2.48. The van der Waals surface area contributed by atoms with Crippen LogP contribution in [-0.2, 0) is 9.53 Å². The summed E-state index contributed by atoms with van der Waals surface area (Å²) in [5, 5.41) is 0.